The largest absolute Gasteiger partial charge is 0.481 e. The molecule has 0 amide bonds. The highest BCUT2D eigenvalue weighted by Gasteiger charge is 2.55. The van der Waals surface area contributed by atoms with E-state index < -0.39 is 32.7 Å². The van der Waals surface area contributed by atoms with Crippen molar-refractivity contribution >= 4 is 22.1 Å². The summed E-state index contributed by atoms with van der Waals surface area (Å²) in [5, 5.41) is 16.4. The van der Waals surface area contributed by atoms with Gasteiger partial charge in [0.15, 0.2) is 5.25 Å². The average Bonchev–Trinajstić information content (AvgIpc) is 2.36. The number of hydrogen-bond acceptors (Lipinski definition) is 4. The minimum absolute atomic E-state index is 0.0867. The topological polar surface area (TPSA) is 129 Å². The van der Waals surface area contributed by atoms with Crippen molar-refractivity contribution in [2.24, 2.45) is 5.41 Å². The summed E-state index contributed by atoms with van der Waals surface area (Å²) in [5.74, 6) is -3.30. The van der Waals surface area contributed by atoms with Crippen molar-refractivity contribution < 1.29 is 32.8 Å². The van der Waals surface area contributed by atoms with Crippen LogP contribution >= 0.6 is 0 Å². The maximum Gasteiger partial charge on any atom is 0.325 e. The number of carbonyl (C=O) groups is 2. The van der Waals surface area contributed by atoms with Gasteiger partial charge < -0.3 is 10.2 Å². The van der Waals surface area contributed by atoms with E-state index in [1.54, 1.807) is 0 Å². The van der Waals surface area contributed by atoms with Crippen LogP contribution in [0.1, 0.15) is 65.2 Å². The molecule has 1 unspecified atom stereocenters. The molecular weight excluding hydrogens is 312 g/mol. The Labute approximate surface area is 131 Å². The Hall–Kier alpha value is -1.15. The van der Waals surface area contributed by atoms with Crippen LogP contribution in [0.25, 0.3) is 0 Å². The molecule has 0 saturated heterocycles. The summed E-state index contributed by atoms with van der Waals surface area (Å²) in [6, 6.07) is 0. The second-order valence-corrected chi connectivity index (χ2v) is 7.11. The van der Waals surface area contributed by atoms with Crippen LogP contribution in [-0.2, 0) is 19.7 Å². The predicted octanol–water partition coefficient (Wildman–Crippen LogP) is 2.56. The van der Waals surface area contributed by atoms with Gasteiger partial charge in [0.2, 0.25) is 0 Å². The van der Waals surface area contributed by atoms with E-state index in [0.717, 1.165) is 12.8 Å². The summed E-state index contributed by atoms with van der Waals surface area (Å²) in [7, 11) is -5.02. The number of aliphatic carboxylic acids is 2. The standard InChI is InChI=1S/C14H26O7S/c1-3-5-7-9-14(13(17)18,10-8-6-4-2)11(12(15)16)22(19,20)21/h11H,3-10H2,1-2H3,(H,15,16)(H,17,18)(H,19,20,21). The fourth-order valence-electron chi connectivity index (χ4n) is 2.74. The van der Waals surface area contributed by atoms with E-state index in [1.807, 2.05) is 13.8 Å². The highest BCUT2D eigenvalue weighted by atomic mass is 32.2. The zero-order chi connectivity index (χ0) is 17.4. The summed E-state index contributed by atoms with van der Waals surface area (Å²) in [4.78, 5) is 23.1. The predicted molar refractivity (Wildman–Crippen MR) is 81.3 cm³/mol. The van der Waals surface area contributed by atoms with E-state index in [0.29, 0.717) is 25.7 Å². The Morgan fingerprint density at radius 3 is 1.59 bits per heavy atom. The molecule has 130 valence electrons. The highest BCUT2D eigenvalue weighted by molar-refractivity contribution is 7.87. The first-order valence-electron chi connectivity index (χ1n) is 7.56. The Kier molecular flexibility index (Phi) is 8.62. The third-order valence-electron chi connectivity index (χ3n) is 3.90. The molecule has 0 heterocycles. The molecule has 0 saturated carbocycles. The molecule has 0 aliphatic rings. The van der Waals surface area contributed by atoms with Gasteiger partial charge in [0, 0.05) is 0 Å². The number of hydrogen-bond donors (Lipinski definition) is 3. The van der Waals surface area contributed by atoms with Crippen LogP contribution in [0, 0.1) is 5.41 Å². The van der Waals surface area contributed by atoms with Gasteiger partial charge in [0.1, 0.15) is 0 Å². The Morgan fingerprint density at radius 2 is 1.36 bits per heavy atom. The van der Waals surface area contributed by atoms with Crippen molar-refractivity contribution in [1.29, 1.82) is 0 Å². The van der Waals surface area contributed by atoms with Crippen molar-refractivity contribution in [3.63, 3.8) is 0 Å². The number of carboxylic acids is 2. The molecule has 0 aromatic rings. The van der Waals surface area contributed by atoms with Gasteiger partial charge in [-0.3, -0.25) is 14.1 Å². The molecule has 0 aromatic heterocycles. The van der Waals surface area contributed by atoms with Crippen LogP contribution in [0.15, 0.2) is 0 Å². The van der Waals surface area contributed by atoms with Crippen LogP contribution in [0.4, 0.5) is 0 Å². The summed E-state index contributed by atoms with van der Waals surface area (Å²) in [5.41, 5.74) is -2.00. The van der Waals surface area contributed by atoms with Crippen LogP contribution < -0.4 is 0 Å². The van der Waals surface area contributed by atoms with E-state index in [9.17, 15) is 32.8 Å². The molecule has 1 atom stereocenters. The number of unbranched alkanes of at least 4 members (excludes halogenated alkanes) is 4. The summed E-state index contributed by atoms with van der Waals surface area (Å²) in [6.07, 6.45) is 3.53. The highest BCUT2D eigenvalue weighted by Crippen LogP contribution is 2.39. The van der Waals surface area contributed by atoms with E-state index >= 15 is 0 Å². The lowest BCUT2D eigenvalue weighted by Crippen LogP contribution is -2.51. The fraction of sp³-hybridized carbons (Fsp3) is 0.857. The second-order valence-electron chi connectivity index (χ2n) is 5.61. The molecular formula is C14H26O7S. The Morgan fingerprint density at radius 1 is 0.955 bits per heavy atom. The van der Waals surface area contributed by atoms with Gasteiger partial charge in [-0.1, -0.05) is 52.4 Å². The Bertz CT molecular complexity index is 460. The maximum atomic E-state index is 11.8. The van der Waals surface area contributed by atoms with Crippen molar-refractivity contribution in [2.75, 3.05) is 0 Å². The van der Waals surface area contributed by atoms with Gasteiger partial charge in [0.25, 0.3) is 10.1 Å². The van der Waals surface area contributed by atoms with Gasteiger partial charge in [-0.25, -0.2) is 0 Å². The van der Waals surface area contributed by atoms with Crippen LogP contribution in [0.2, 0.25) is 0 Å². The van der Waals surface area contributed by atoms with Crippen LogP contribution in [0.3, 0.4) is 0 Å². The lowest BCUT2D eigenvalue weighted by atomic mass is 9.75. The number of carboxylic acid groups (broad SMARTS) is 2. The summed E-state index contributed by atoms with van der Waals surface area (Å²) >= 11 is 0. The zero-order valence-corrected chi connectivity index (χ0v) is 13.9. The Balaban J connectivity index is 5.75. The number of rotatable bonds is 12. The molecule has 0 rings (SSSR count). The molecule has 0 spiro atoms. The molecule has 7 nitrogen and oxygen atoms in total. The SMILES string of the molecule is CCCCCC(CCCCC)(C(=O)O)C(C(=O)O)S(=O)(=O)O. The summed E-state index contributed by atoms with van der Waals surface area (Å²) in [6.45, 7) is 3.80. The first kappa shape index (κ1) is 20.9. The lowest BCUT2D eigenvalue weighted by molar-refractivity contribution is -0.156. The van der Waals surface area contributed by atoms with E-state index in [4.69, 9.17) is 0 Å². The minimum Gasteiger partial charge on any atom is -0.481 e. The van der Waals surface area contributed by atoms with Gasteiger partial charge >= 0.3 is 11.9 Å². The quantitative estimate of drug-likeness (QED) is 0.368. The van der Waals surface area contributed by atoms with Gasteiger partial charge in [-0.2, -0.15) is 8.42 Å². The van der Waals surface area contributed by atoms with Crippen LogP contribution in [-0.4, -0.2) is 40.4 Å². The fourth-order valence-corrected chi connectivity index (χ4v) is 3.90. The van der Waals surface area contributed by atoms with E-state index in [-0.39, 0.29) is 12.8 Å². The third-order valence-corrected chi connectivity index (χ3v) is 5.15. The molecule has 0 aliphatic heterocycles. The van der Waals surface area contributed by atoms with Gasteiger partial charge in [0.05, 0.1) is 5.41 Å². The molecule has 8 heteroatoms. The minimum atomic E-state index is -5.02. The molecule has 22 heavy (non-hydrogen) atoms. The van der Waals surface area contributed by atoms with Crippen molar-refractivity contribution in [2.45, 2.75) is 70.5 Å². The maximum absolute atomic E-state index is 11.8. The van der Waals surface area contributed by atoms with E-state index in [2.05, 4.69) is 0 Å². The monoisotopic (exact) mass is 338 g/mol. The smallest absolute Gasteiger partial charge is 0.325 e. The average molecular weight is 338 g/mol. The van der Waals surface area contributed by atoms with Crippen LogP contribution in [0.5, 0.6) is 0 Å². The first-order chi connectivity index (χ1) is 10.1. The summed E-state index contributed by atoms with van der Waals surface area (Å²) < 4.78 is 32.3. The van der Waals surface area contributed by atoms with Gasteiger partial charge in [-0.05, 0) is 12.8 Å². The van der Waals surface area contributed by atoms with Crippen molar-refractivity contribution in [3.8, 4) is 0 Å². The molecule has 0 fully saturated rings. The lowest BCUT2D eigenvalue weighted by Gasteiger charge is -2.33. The van der Waals surface area contributed by atoms with Crippen molar-refractivity contribution in [1.82, 2.24) is 0 Å². The normalized spacial score (nSPS) is 13.8. The molecule has 0 aliphatic carbocycles. The first-order valence-corrected chi connectivity index (χ1v) is 9.06. The molecule has 3 N–H and O–H groups in total. The van der Waals surface area contributed by atoms with Gasteiger partial charge in [-0.15, -0.1) is 0 Å². The third kappa shape index (κ3) is 5.57. The molecule has 0 bridgehead atoms. The molecule has 0 radical (unpaired) electrons. The van der Waals surface area contributed by atoms with E-state index in [1.165, 1.54) is 0 Å². The van der Waals surface area contributed by atoms with Crippen molar-refractivity contribution in [3.05, 3.63) is 0 Å². The second kappa shape index (κ2) is 9.09. The molecule has 0 aromatic carbocycles. The zero-order valence-electron chi connectivity index (χ0n) is 13.1.